The smallest absolute Gasteiger partial charge is 0.256 e. The summed E-state index contributed by atoms with van der Waals surface area (Å²) >= 11 is 2.22. The number of carbonyl (C=O) groups is 1. The molecular weight excluding hydrogens is 385 g/mol. The monoisotopic (exact) mass is 399 g/mol. The summed E-state index contributed by atoms with van der Waals surface area (Å²) in [6, 6.07) is 25.4. The fraction of sp³-hybridized carbons (Fsp3) is 0. The molecule has 0 atom stereocenters. The Morgan fingerprint density at radius 2 is 1.41 bits per heavy atom. The van der Waals surface area contributed by atoms with E-state index in [1.165, 1.54) is 0 Å². The Balaban J connectivity index is 1.96. The molecule has 1 N–H and O–H groups in total. The quantitative estimate of drug-likeness (QED) is 0.602. The Morgan fingerprint density at radius 3 is 2.18 bits per heavy atom. The van der Waals surface area contributed by atoms with E-state index >= 15 is 0 Å². The first-order chi connectivity index (χ1) is 10.8. The van der Waals surface area contributed by atoms with Crippen LogP contribution in [0.3, 0.4) is 0 Å². The van der Waals surface area contributed by atoms with Crippen LogP contribution in [0, 0.1) is 3.57 Å². The number of anilines is 1. The highest BCUT2D eigenvalue weighted by Crippen LogP contribution is 2.25. The molecule has 108 valence electrons. The van der Waals surface area contributed by atoms with E-state index in [1.54, 1.807) is 0 Å². The maximum absolute atomic E-state index is 12.6. The number of hydrogen-bond donors (Lipinski definition) is 1. The average Bonchev–Trinajstić information content (AvgIpc) is 2.58. The van der Waals surface area contributed by atoms with E-state index in [2.05, 4.69) is 27.9 Å². The van der Waals surface area contributed by atoms with Gasteiger partial charge in [0, 0.05) is 9.13 Å². The molecular formula is C19H14INO. The summed E-state index contributed by atoms with van der Waals surface area (Å²) in [7, 11) is 0. The van der Waals surface area contributed by atoms with Crippen molar-refractivity contribution in [2.75, 3.05) is 5.32 Å². The molecule has 3 aromatic carbocycles. The highest BCUT2D eigenvalue weighted by atomic mass is 127. The lowest BCUT2D eigenvalue weighted by atomic mass is 9.99. The van der Waals surface area contributed by atoms with E-state index in [4.69, 9.17) is 0 Å². The van der Waals surface area contributed by atoms with E-state index in [0.29, 0.717) is 5.56 Å². The fourth-order valence-corrected chi connectivity index (χ4v) is 2.83. The molecule has 2 nitrogen and oxygen atoms in total. The average molecular weight is 399 g/mol. The zero-order valence-electron chi connectivity index (χ0n) is 11.8. The predicted octanol–water partition coefficient (Wildman–Crippen LogP) is 5.21. The second-order valence-corrected chi connectivity index (χ2v) is 6.01. The van der Waals surface area contributed by atoms with Gasteiger partial charge in [-0.15, -0.1) is 0 Å². The van der Waals surface area contributed by atoms with Gasteiger partial charge < -0.3 is 5.32 Å². The Hall–Kier alpha value is -2.14. The van der Waals surface area contributed by atoms with Crippen molar-refractivity contribution >= 4 is 34.2 Å². The van der Waals surface area contributed by atoms with Gasteiger partial charge in [0.25, 0.3) is 5.91 Å². The van der Waals surface area contributed by atoms with Crippen LogP contribution >= 0.6 is 22.6 Å². The molecule has 3 rings (SSSR count). The van der Waals surface area contributed by atoms with Gasteiger partial charge in [-0.1, -0.05) is 60.7 Å². The van der Waals surface area contributed by atoms with Crippen molar-refractivity contribution in [3.8, 4) is 11.1 Å². The predicted molar refractivity (Wildman–Crippen MR) is 99.0 cm³/mol. The number of benzene rings is 3. The number of halogens is 1. The van der Waals surface area contributed by atoms with Crippen molar-refractivity contribution in [2.24, 2.45) is 0 Å². The van der Waals surface area contributed by atoms with E-state index in [9.17, 15) is 4.79 Å². The fourth-order valence-electron chi connectivity index (χ4n) is 2.30. The van der Waals surface area contributed by atoms with Gasteiger partial charge >= 0.3 is 0 Å². The lowest BCUT2D eigenvalue weighted by molar-refractivity contribution is 0.102. The molecule has 3 aromatic rings. The minimum atomic E-state index is -0.0939. The van der Waals surface area contributed by atoms with Crippen LogP contribution in [-0.2, 0) is 0 Å². The van der Waals surface area contributed by atoms with Gasteiger partial charge in [-0.25, -0.2) is 0 Å². The molecule has 0 spiro atoms. The van der Waals surface area contributed by atoms with Gasteiger partial charge in [-0.3, -0.25) is 4.79 Å². The van der Waals surface area contributed by atoms with Gasteiger partial charge in [0.1, 0.15) is 0 Å². The zero-order valence-corrected chi connectivity index (χ0v) is 13.9. The summed E-state index contributed by atoms with van der Waals surface area (Å²) in [4.78, 5) is 12.6. The molecule has 0 unspecified atom stereocenters. The molecule has 0 aromatic heterocycles. The number of para-hydroxylation sites is 1. The van der Waals surface area contributed by atoms with Crippen molar-refractivity contribution in [1.82, 2.24) is 0 Å². The molecule has 0 aliphatic carbocycles. The molecule has 22 heavy (non-hydrogen) atoms. The Labute approximate surface area is 143 Å². The Kier molecular flexibility index (Phi) is 4.53. The van der Waals surface area contributed by atoms with Crippen molar-refractivity contribution in [1.29, 1.82) is 0 Å². The second-order valence-electron chi connectivity index (χ2n) is 4.85. The molecule has 0 aliphatic rings. The highest BCUT2D eigenvalue weighted by Gasteiger charge is 2.13. The first-order valence-corrected chi connectivity index (χ1v) is 8.04. The largest absolute Gasteiger partial charge is 0.321 e. The second kappa shape index (κ2) is 6.75. The van der Waals surface area contributed by atoms with Crippen LogP contribution in [0.2, 0.25) is 0 Å². The SMILES string of the molecule is O=C(Nc1ccccc1I)c1ccccc1-c1ccccc1. The first-order valence-electron chi connectivity index (χ1n) is 6.96. The number of nitrogens with one attached hydrogen (secondary N) is 1. The topological polar surface area (TPSA) is 29.1 Å². The standard InChI is InChI=1S/C19H14INO/c20-17-12-6-7-13-18(17)21-19(22)16-11-5-4-10-15(16)14-8-2-1-3-9-14/h1-13H,(H,21,22). The van der Waals surface area contributed by atoms with Crippen molar-refractivity contribution in [3.05, 3.63) is 88.0 Å². The summed E-state index contributed by atoms with van der Waals surface area (Å²) in [5.41, 5.74) is 3.48. The van der Waals surface area contributed by atoms with Crippen molar-refractivity contribution in [2.45, 2.75) is 0 Å². The minimum Gasteiger partial charge on any atom is -0.321 e. The Bertz CT molecular complexity index is 799. The van der Waals surface area contributed by atoms with Gasteiger partial charge in [0.2, 0.25) is 0 Å². The summed E-state index contributed by atoms with van der Waals surface area (Å²) < 4.78 is 1.02. The van der Waals surface area contributed by atoms with Crippen molar-refractivity contribution in [3.63, 3.8) is 0 Å². The molecule has 0 saturated carbocycles. The summed E-state index contributed by atoms with van der Waals surface area (Å²) in [6.45, 7) is 0. The number of carbonyl (C=O) groups excluding carboxylic acids is 1. The van der Waals surface area contributed by atoms with Crippen LogP contribution in [0.5, 0.6) is 0 Å². The van der Waals surface area contributed by atoms with Crippen LogP contribution in [0.1, 0.15) is 10.4 Å². The molecule has 0 fully saturated rings. The van der Waals surface area contributed by atoms with Gasteiger partial charge in [-0.05, 0) is 51.9 Å². The normalized spacial score (nSPS) is 10.2. The lowest BCUT2D eigenvalue weighted by Gasteiger charge is -2.11. The van der Waals surface area contributed by atoms with Gasteiger partial charge in [0.15, 0.2) is 0 Å². The maximum atomic E-state index is 12.6. The zero-order chi connectivity index (χ0) is 15.4. The summed E-state index contributed by atoms with van der Waals surface area (Å²) in [5, 5.41) is 2.99. The summed E-state index contributed by atoms with van der Waals surface area (Å²) in [5.74, 6) is -0.0939. The van der Waals surface area contributed by atoms with Gasteiger partial charge in [0.05, 0.1) is 5.69 Å². The van der Waals surface area contributed by atoms with E-state index in [0.717, 1.165) is 20.4 Å². The molecule has 0 heterocycles. The molecule has 3 heteroatoms. The number of rotatable bonds is 3. The molecule has 0 bridgehead atoms. The third kappa shape index (κ3) is 3.20. The molecule has 0 saturated heterocycles. The third-order valence-electron chi connectivity index (χ3n) is 3.38. The molecule has 1 amide bonds. The Morgan fingerprint density at radius 1 is 0.773 bits per heavy atom. The number of hydrogen-bond acceptors (Lipinski definition) is 1. The molecule has 0 radical (unpaired) electrons. The van der Waals surface area contributed by atoms with E-state index < -0.39 is 0 Å². The van der Waals surface area contributed by atoms with Crippen LogP contribution in [0.15, 0.2) is 78.9 Å². The minimum absolute atomic E-state index is 0.0939. The van der Waals surface area contributed by atoms with Crippen LogP contribution in [-0.4, -0.2) is 5.91 Å². The van der Waals surface area contributed by atoms with Crippen molar-refractivity contribution < 1.29 is 4.79 Å². The first kappa shape index (κ1) is 14.8. The molecule has 0 aliphatic heterocycles. The van der Waals surface area contributed by atoms with Crippen LogP contribution < -0.4 is 5.32 Å². The lowest BCUT2D eigenvalue weighted by Crippen LogP contribution is -2.13. The van der Waals surface area contributed by atoms with Gasteiger partial charge in [-0.2, -0.15) is 0 Å². The van der Waals surface area contributed by atoms with E-state index in [-0.39, 0.29) is 5.91 Å². The highest BCUT2D eigenvalue weighted by molar-refractivity contribution is 14.1. The van der Waals surface area contributed by atoms with Crippen LogP contribution in [0.4, 0.5) is 5.69 Å². The van der Waals surface area contributed by atoms with Crippen LogP contribution in [0.25, 0.3) is 11.1 Å². The third-order valence-corrected chi connectivity index (χ3v) is 4.32. The van der Waals surface area contributed by atoms with E-state index in [1.807, 2.05) is 78.9 Å². The maximum Gasteiger partial charge on any atom is 0.256 e. The number of amides is 1. The summed E-state index contributed by atoms with van der Waals surface area (Å²) in [6.07, 6.45) is 0.